The van der Waals surface area contributed by atoms with Gasteiger partial charge in [-0.25, -0.2) is 0 Å². The fourth-order valence-corrected chi connectivity index (χ4v) is 3.88. The third-order valence-electron chi connectivity index (χ3n) is 4.08. The van der Waals surface area contributed by atoms with E-state index in [4.69, 9.17) is 0 Å². The number of carbonyl (C=O) groups excluding carboxylic acids is 1. The van der Waals surface area contributed by atoms with Crippen molar-refractivity contribution in [2.24, 2.45) is 0 Å². The number of nitrogens with one attached hydrogen (secondary N) is 2. The molecule has 3 heterocycles. The van der Waals surface area contributed by atoms with Gasteiger partial charge in [-0.15, -0.1) is 11.3 Å². The highest BCUT2D eigenvalue weighted by Crippen LogP contribution is 2.40. The van der Waals surface area contributed by atoms with Crippen LogP contribution in [0.1, 0.15) is 40.4 Å². The number of hydrogen-bond acceptors (Lipinski definition) is 4. The molecule has 1 aliphatic heterocycles. The summed E-state index contributed by atoms with van der Waals surface area (Å²) in [5.74, 6) is -0.432. The number of pyridine rings is 1. The average molecular weight is 343 g/mol. The fraction of sp³-hybridized carbons (Fsp3) is 0.467. The second kappa shape index (κ2) is 6.09. The van der Waals surface area contributed by atoms with Crippen molar-refractivity contribution in [3.63, 3.8) is 0 Å². The maximum atomic E-state index is 13.4. The molecule has 1 fully saturated rings. The molecule has 8 heteroatoms. The summed E-state index contributed by atoms with van der Waals surface area (Å²) in [5, 5.41) is 7.08. The smallest absolute Gasteiger partial charge is 0.355 e. The van der Waals surface area contributed by atoms with E-state index in [9.17, 15) is 18.0 Å². The molecule has 2 aromatic heterocycles. The summed E-state index contributed by atoms with van der Waals surface area (Å²) >= 11 is 0.911. The van der Waals surface area contributed by atoms with E-state index in [1.807, 2.05) is 0 Å². The van der Waals surface area contributed by atoms with Gasteiger partial charge in [0.05, 0.1) is 21.3 Å². The molecular weight excluding hydrogens is 327 g/mol. The molecular formula is C15H16F3N3OS. The second-order valence-electron chi connectivity index (χ2n) is 5.52. The molecule has 0 aliphatic carbocycles. The van der Waals surface area contributed by atoms with Gasteiger partial charge < -0.3 is 10.6 Å². The van der Waals surface area contributed by atoms with Crippen LogP contribution in [0.15, 0.2) is 11.4 Å². The topological polar surface area (TPSA) is 54.0 Å². The van der Waals surface area contributed by atoms with E-state index in [1.54, 1.807) is 0 Å². The van der Waals surface area contributed by atoms with Crippen LogP contribution in [0, 0.1) is 0 Å². The lowest BCUT2D eigenvalue weighted by Gasteiger charge is -2.23. The zero-order valence-corrected chi connectivity index (χ0v) is 13.3. The van der Waals surface area contributed by atoms with Crippen molar-refractivity contribution >= 4 is 27.5 Å². The number of rotatable bonds is 2. The first-order valence-electron chi connectivity index (χ1n) is 7.34. The fourth-order valence-electron chi connectivity index (χ4n) is 2.86. The summed E-state index contributed by atoms with van der Waals surface area (Å²) in [7, 11) is 1.45. The van der Waals surface area contributed by atoms with Crippen LogP contribution in [-0.4, -0.2) is 31.0 Å². The molecule has 4 nitrogen and oxygen atoms in total. The molecule has 124 valence electrons. The number of halogens is 3. The maximum Gasteiger partial charge on any atom is 0.417 e. The second-order valence-corrected chi connectivity index (χ2v) is 6.40. The Hall–Kier alpha value is -1.67. The number of piperidine rings is 1. The molecule has 0 radical (unpaired) electrons. The molecule has 23 heavy (non-hydrogen) atoms. The Bertz CT molecular complexity index is 735. The van der Waals surface area contributed by atoms with Gasteiger partial charge in [0.2, 0.25) is 0 Å². The van der Waals surface area contributed by atoms with Gasteiger partial charge in [0, 0.05) is 24.0 Å². The summed E-state index contributed by atoms with van der Waals surface area (Å²) in [6, 6.07) is 1.16. The van der Waals surface area contributed by atoms with Crippen LogP contribution >= 0.6 is 11.3 Å². The molecule has 2 aromatic rings. The minimum atomic E-state index is -4.46. The molecule has 0 bridgehead atoms. The largest absolute Gasteiger partial charge is 0.417 e. The lowest BCUT2D eigenvalue weighted by atomic mass is 9.93. The van der Waals surface area contributed by atoms with Gasteiger partial charge in [0.1, 0.15) is 0 Å². The molecule has 0 atom stereocenters. The Morgan fingerprint density at radius 1 is 1.39 bits per heavy atom. The van der Waals surface area contributed by atoms with Crippen LogP contribution in [-0.2, 0) is 6.18 Å². The monoisotopic (exact) mass is 343 g/mol. The first-order chi connectivity index (χ1) is 10.9. The maximum absolute atomic E-state index is 13.4. The van der Waals surface area contributed by atoms with E-state index in [0.717, 1.165) is 43.3 Å². The van der Waals surface area contributed by atoms with Gasteiger partial charge in [-0.3, -0.25) is 9.78 Å². The van der Waals surface area contributed by atoms with Crippen LogP contribution < -0.4 is 10.6 Å². The van der Waals surface area contributed by atoms with Gasteiger partial charge in [0.25, 0.3) is 5.91 Å². The zero-order chi connectivity index (χ0) is 16.6. The molecule has 0 saturated carbocycles. The van der Waals surface area contributed by atoms with E-state index >= 15 is 0 Å². The Morgan fingerprint density at radius 2 is 2.09 bits per heavy atom. The average Bonchev–Trinajstić information content (AvgIpc) is 2.97. The van der Waals surface area contributed by atoms with Gasteiger partial charge in [-0.05, 0) is 32.0 Å². The predicted octanol–water partition coefficient (Wildman–Crippen LogP) is 3.14. The molecule has 0 spiro atoms. The Balaban J connectivity index is 2.19. The number of alkyl halides is 3. The number of amides is 1. The third-order valence-corrected chi connectivity index (χ3v) is 5.08. The summed E-state index contributed by atoms with van der Waals surface area (Å²) in [6.45, 7) is 1.52. The minimum absolute atomic E-state index is 0.0146. The zero-order valence-electron chi connectivity index (χ0n) is 12.5. The van der Waals surface area contributed by atoms with Crippen molar-refractivity contribution in [2.45, 2.75) is 24.9 Å². The Labute approximate surface area is 135 Å². The molecule has 1 saturated heterocycles. The SMILES string of the molecule is CNC(=O)c1csc2c(C(F)(F)F)cc(C3CCNCC3)nc12. The lowest BCUT2D eigenvalue weighted by molar-refractivity contribution is -0.136. The van der Waals surface area contributed by atoms with Crippen molar-refractivity contribution in [3.8, 4) is 0 Å². The first-order valence-corrected chi connectivity index (χ1v) is 8.22. The highest BCUT2D eigenvalue weighted by molar-refractivity contribution is 7.17. The summed E-state index contributed by atoms with van der Waals surface area (Å²) in [5.41, 5.74) is 0.0811. The van der Waals surface area contributed by atoms with Crippen molar-refractivity contribution in [2.75, 3.05) is 20.1 Å². The Kier molecular flexibility index (Phi) is 4.29. The molecule has 1 aliphatic rings. The minimum Gasteiger partial charge on any atom is -0.355 e. The summed E-state index contributed by atoms with van der Waals surface area (Å²) in [4.78, 5) is 16.3. The van der Waals surface area contributed by atoms with Gasteiger partial charge in [-0.2, -0.15) is 13.2 Å². The van der Waals surface area contributed by atoms with Crippen molar-refractivity contribution in [1.82, 2.24) is 15.6 Å². The van der Waals surface area contributed by atoms with E-state index < -0.39 is 17.6 Å². The lowest BCUT2D eigenvalue weighted by Crippen LogP contribution is -2.27. The molecule has 0 unspecified atom stereocenters. The number of hydrogen-bond donors (Lipinski definition) is 2. The van der Waals surface area contributed by atoms with Crippen LogP contribution in [0.25, 0.3) is 10.2 Å². The number of fused-ring (bicyclic) bond motifs is 1. The highest BCUT2D eigenvalue weighted by atomic mass is 32.1. The van der Waals surface area contributed by atoms with Crippen LogP contribution in [0.3, 0.4) is 0 Å². The molecule has 2 N–H and O–H groups in total. The van der Waals surface area contributed by atoms with Gasteiger partial charge in [0.15, 0.2) is 0 Å². The van der Waals surface area contributed by atoms with Crippen molar-refractivity contribution in [3.05, 3.63) is 28.3 Å². The van der Waals surface area contributed by atoms with E-state index in [2.05, 4.69) is 15.6 Å². The van der Waals surface area contributed by atoms with Crippen LogP contribution in [0.2, 0.25) is 0 Å². The number of aromatic nitrogens is 1. The van der Waals surface area contributed by atoms with Gasteiger partial charge >= 0.3 is 6.18 Å². The molecule has 3 rings (SSSR count). The van der Waals surface area contributed by atoms with Crippen molar-refractivity contribution < 1.29 is 18.0 Å². The number of nitrogens with zero attached hydrogens (tertiary/aromatic N) is 1. The Morgan fingerprint density at radius 3 is 2.70 bits per heavy atom. The number of carbonyl (C=O) groups is 1. The highest BCUT2D eigenvalue weighted by Gasteiger charge is 2.36. The summed E-state index contributed by atoms with van der Waals surface area (Å²) < 4.78 is 40.3. The van der Waals surface area contributed by atoms with Crippen molar-refractivity contribution in [1.29, 1.82) is 0 Å². The third kappa shape index (κ3) is 3.05. The van der Waals surface area contributed by atoms with Crippen LogP contribution in [0.5, 0.6) is 0 Å². The van der Waals surface area contributed by atoms with E-state index in [1.165, 1.54) is 12.4 Å². The van der Waals surface area contributed by atoms with Gasteiger partial charge in [-0.1, -0.05) is 0 Å². The number of thiophene rings is 1. The van der Waals surface area contributed by atoms with E-state index in [-0.39, 0.29) is 21.7 Å². The van der Waals surface area contributed by atoms with E-state index in [0.29, 0.717) is 5.69 Å². The van der Waals surface area contributed by atoms with Crippen LogP contribution in [0.4, 0.5) is 13.2 Å². The summed E-state index contributed by atoms with van der Waals surface area (Å²) in [6.07, 6.45) is -2.97. The molecule has 0 aromatic carbocycles. The molecule has 1 amide bonds. The normalized spacial score (nSPS) is 16.7. The predicted molar refractivity (Wildman–Crippen MR) is 82.9 cm³/mol. The quantitative estimate of drug-likeness (QED) is 0.881. The standard InChI is InChI=1S/C15H16F3N3OS/c1-19-14(22)9-7-23-13-10(15(16,17)18)6-11(21-12(9)13)8-2-4-20-5-3-8/h6-8,20H,2-5H2,1H3,(H,19,22). The first kappa shape index (κ1) is 16.2.